The van der Waals surface area contributed by atoms with Crippen molar-refractivity contribution in [3.63, 3.8) is 0 Å². The van der Waals surface area contributed by atoms with Crippen molar-refractivity contribution in [2.45, 2.75) is 24.7 Å². The molecule has 0 N–H and O–H groups in total. The van der Waals surface area contributed by atoms with Crippen LogP contribution in [0.15, 0.2) is 57.5 Å². The predicted octanol–water partition coefficient (Wildman–Crippen LogP) is 4.82. The number of halogens is 2. The van der Waals surface area contributed by atoms with E-state index >= 15 is 0 Å². The summed E-state index contributed by atoms with van der Waals surface area (Å²) in [5.41, 5.74) is 1.48. The first kappa shape index (κ1) is 15.6. The van der Waals surface area contributed by atoms with Gasteiger partial charge in [0.1, 0.15) is 11.6 Å². The highest BCUT2D eigenvalue weighted by atomic mass is 79.9. The Morgan fingerprint density at radius 2 is 1.05 bits per heavy atom. The van der Waals surface area contributed by atoms with Crippen LogP contribution >= 0.6 is 31.9 Å². The number of ketones is 2. The van der Waals surface area contributed by atoms with Crippen molar-refractivity contribution in [2.75, 3.05) is 0 Å². The van der Waals surface area contributed by atoms with E-state index in [1.807, 2.05) is 48.5 Å². The maximum atomic E-state index is 12.1. The normalized spacial score (nSPS) is 17.5. The Balaban J connectivity index is 2.17. The highest BCUT2D eigenvalue weighted by molar-refractivity contribution is 9.10. The molecule has 0 heterocycles. The molecule has 0 atom stereocenters. The van der Waals surface area contributed by atoms with Gasteiger partial charge >= 0.3 is 0 Å². The van der Waals surface area contributed by atoms with Crippen molar-refractivity contribution in [3.05, 3.63) is 68.6 Å². The molecule has 2 nitrogen and oxygen atoms in total. The second-order valence-corrected chi connectivity index (χ2v) is 7.53. The van der Waals surface area contributed by atoms with Crippen molar-refractivity contribution >= 4 is 43.4 Å². The van der Waals surface area contributed by atoms with Crippen LogP contribution < -0.4 is 0 Å². The van der Waals surface area contributed by atoms with E-state index in [1.54, 1.807) is 0 Å². The molecule has 112 valence electrons. The molecule has 0 saturated heterocycles. The molecule has 2 aromatic carbocycles. The molecule has 0 aromatic heterocycles. The van der Waals surface area contributed by atoms with Crippen LogP contribution in [-0.2, 0) is 15.0 Å². The summed E-state index contributed by atoms with van der Waals surface area (Å²) in [7, 11) is 0. The molecule has 0 aliphatic heterocycles. The van der Waals surface area contributed by atoms with Gasteiger partial charge in [-0.1, -0.05) is 56.1 Å². The fourth-order valence-electron chi connectivity index (χ4n) is 3.19. The quantitative estimate of drug-likeness (QED) is 0.651. The molecular formula is C18H14Br2O2. The van der Waals surface area contributed by atoms with Crippen LogP contribution in [0.5, 0.6) is 0 Å². The molecule has 0 unspecified atom stereocenters. The van der Waals surface area contributed by atoms with Crippen LogP contribution in [-0.4, -0.2) is 11.6 Å². The number of carbonyl (C=O) groups is 2. The Labute approximate surface area is 146 Å². The highest BCUT2D eigenvalue weighted by Crippen LogP contribution is 2.43. The van der Waals surface area contributed by atoms with Gasteiger partial charge in [0.15, 0.2) is 0 Å². The lowest BCUT2D eigenvalue weighted by molar-refractivity contribution is -0.131. The summed E-state index contributed by atoms with van der Waals surface area (Å²) in [4.78, 5) is 24.3. The van der Waals surface area contributed by atoms with Crippen LogP contribution in [0.4, 0.5) is 0 Å². The Hall–Kier alpha value is -1.26. The fraction of sp³-hybridized carbons (Fsp3) is 0.222. The monoisotopic (exact) mass is 420 g/mol. The van der Waals surface area contributed by atoms with Crippen molar-refractivity contribution < 1.29 is 9.59 Å². The van der Waals surface area contributed by atoms with E-state index in [0.29, 0.717) is 12.8 Å². The van der Waals surface area contributed by atoms with E-state index in [0.717, 1.165) is 20.1 Å². The van der Waals surface area contributed by atoms with E-state index in [4.69, 9.17) is 0 Å². The molecule has 22 heavy (non-hydrogen) atoms. The maximum absolute atomic E-state index is 12.1. The number of hydrogen-bond donors (Lipinski definition) is 0. The first-order valence-corrected chi connectivity index (χ1v) is 8.64. The first-order chi connectivity index (χ1) is 10.5. The second kappa shape index (κ2) is 6.09. The summed E-state index contributed by atoms with van der Waals surface area (Å²) >= 11 is 6.87. The van der Waals surface area contributed by atoms with Crippen molar-refractivity contribution in [1.29, 1.82) is 0 Å². The SMILES string of the molecule is O=C1CC(=O)CC(c2ccc(Br)cc2)(c2ccc(Br)cc2)C1. The van der Waals surface area contributed by atoms with Gasteiger partial charge in [0.05, 0.1) is 6.42 Å². The van der Waals surface area contributed by atoms with Gasteiger partial charge in [-0.05, 0) is 35.4 Å². The van der Waals surface area contributed by atoms with Gasteiger partial charge in [-0.2, -0.15) is 0 Å². The molecule has 4 heteroatoms. The molecule has 1 saturated carbocycles. The van der Waals surface area contributed by atoms with Crippen LogP contribution in [0.25, 0.3) is 0 Å². The summed E-state index contributed by atoms with van der Waals surface area (Å²) in [6.07, 6.45) is 0.818. The third kappa shape index (κ3) is 2.95. The number of rotatable bonds is 2. The molecule has 0 bridgehead atoms. The summed E-state index contributed by atoms with van der Waals surface area (Å²) < 4.78 is 1.96. The summed E-state index contributed by atoms with van der Waals surface area (Å²) in [5.74, 6) is 0.0316. The van der Waals surface area contributed by atoms with Crippen molar-refractivity contribution in [1.82, 2.24) is 0 Å². The zero-order valence-corrected chi connectivity index (χ0v) is 15.0. The average Bonchev–Trinajstić information content (AvgIpc) is 2.47. The Morgan fingerprint density at radius 1 is 0.682 bits per heavy atom. The highest BCUT2D eigenvalue weighted by Gasteiger charge is 2.42. The van der Waals surface area contributed by atoms with E-state index < -0.39 is 5.41 Å². The molecule has 0 spiro atoms. The number of Topliss-reactive ketones (excluding diaryl/α,β-unsaturated/α-hetero) is 2. The summed E-state index contributed by atoms with van der Waals surface area (Å²) in [5, 5.41) is 0. The summed E-state index contributed by atoms with van der Waals surface area (Å²) in [6, 6.07) is 15.8. The van der Waals surface area contributed by atoms with Crippen molar-refractivity contribution in [2.24, 2.45) is 0 Å². The minimum absolute atomic E-state index is 0.0158. The van der Waals surface area contributed by atoms with Crippen LogP contribution in [0.1, 0.15) is 30.4 Å². The fourth-order valence-corrected chi connectivity index (χ4v) is 3.72. The van der Waals surface area contributed by atoms with Gasteiger partial charge in [-0.25, -0.2) is 0 Å². The molecule has 3 rings (SSSR count). The van der Waals surface area contributed by atoms with Crippen LogP contribution in [0, 0.1) is 0 Å². The Bertz CT molecular complexity index is 654. The Kier molecular flexibility index (Phi) is 4.33. The largest absolute Gasteiger partial charge is 0.299 e. The number of benzene rings is 2. The van der Waals surface area contributed by atoms with Gasteiger partial charge in [0, 0.05) is 27.2 Å². The van der Waals surface area contributed by atoms with Gasteiger partial charge in [-0.15, -0.1) is 0 Å². The minimum atomic E-state index is -0.548. The predicted molar refractivity (Wildman–Crippen MR) is 92.9 cm³/mol. The topological polar surface area (TPSA) is 34.1 Å². The molecule has 0 amide bonds. The standard InChI is InChI=1S/C18H14Br2O2/c19-14-5-1-12(2-6-14)18(10-16(21)9-17(22)11-18)13-3-7-15(20)8-4-13/h1-8H,9-11H2. The average molecular weight is 422 g/mol. The van der Waals surface area contributed by atoms with Gasteiger partial charge in [0.2, 0.25) is 0 Å². The number of carbonyl (C=O) groups excluding carboxylic acids is 2. The lowest BCUT2D eigenvalue weighted by Crippen LogP contribution is -2.38. The zero-order valence-electron chi connectivity index (χ0n) is 11.8. The van der Waals surface area contributed by atoms with Crippen LogP contribution in [0.2, 0.25) is 0 Å². The van der Waals surface area contributed by atoms with Crippen molar-refractivity contribution in [3.8, 4) is 0 Å². The molecular weight excluding hydrogens is 408 g/mol. The molecule has 1 aliphatic rings. The van der Waals surface area contributed by atoms with E-state index in [9.17, 15) is 9.59 Å². The lowest BCUT2D eigenvalue weighted by atomic mass is 9.64. The molecule has 1 fully saturated rings. The number of hydrogen-bond acceptors (Lipinski definition) is 2. The molecule has 2 aromatic rings. The lowest BCUT2D eigenvalue weighted by Gasteiger charge is -2.37. The van der Waals surface area contributed by atoms with Gasteiger partial charge in [0.25, 0.3) is 0 Å². The Morgan fingerprint density at radius 3 is 1.41 bits per heavy atom. The van der Waals surface area contributed by atoms with E-state index in [2.05, 4.69) is 31.9 Å². The van der Waals surface area contributed by atoms with E-state index in [-0.39, 0.29) is 18.0 Å². The van der Waals surface area contributed by atoms with Crippen LogP contribution in [0.3, 0.4) is 0 Å². The zero-order chi connectivity index (χ0) is 15.7. The molecule has 1 aliphatic carbocycles. The second-order valence-electron chi connectivity index (χ2n) is 5.70. The first-order valence-electron chi connectivity index (χ1n) is 7.05. The summed E-state index contributed by atoms with van der Waals surface area (Å²) in [6.45, 7) is 0. The molecule has 0 radical (unpaired) electrons. The minimum Gasteiger partial charge on any atom is -0.299 e. The van der Waals surface area contributed by atoms with Gasteiger partial charge in [-0.3, -0.25) is 9.59 Å². The third-order valence-corrected chi connectivity index (χ3v) is 5.24. The van der Waals surface area contributed by atoms with Gasteiger partial charge < -0.3 is 0 Å². The maximum Gasteiger partial charge on any atom is 0.141 e. The smallest absolute Gasteiger partial charge is 0.141 e. The third-order valence-electron chi connectivity index (χ3n) is 4.19. The van der Waals surface area contributed by atoms with E-state index in [1.165, 1.54) is 0 Å².